The molecule has 3 heterocycles. The average Bonchev–Trinajstić information content (AvgIpc) is 2.89. The number of hydrogen-bond donors (Lipinski definition) is 0. The van der Waals surface area contributed by atoms with Crippen molar-refractivity contribution in [1.82, 2.24) is 15.0 Å². The standard InChI is InChI=1S/C13H13IN4/c14-11-8-16-9-17-13(11)18-6-2-4-12(18)10-3-1-5-15-7-10/h1,3,5,7-9,12H,2,4,6H2. The molecule has 2 aromatic rings. The largest absolute Gasteiger partial charge is 0.349 e. The van der Waals surface area contributed by atoms with Gasteiger partial charge in [0.1, 0.15) is 12.1 Å². The lowest BCUT2D eigenvalue weighted by atomic mass is 10.1. The summed E-state index contributed by atoms with van der Waals surface area (Å²) < 4.78 is 1.10. The highest BCUT2D eigenvalue weighted by Gasteiger charge is 2.28. The molecule has 0 radical (unpaired) electrons. The predicted octanol–water partition coefficient (Wildman–Crippen LogP) is 2.82. The maximum Gasteiger partial charge on any atom is 0.145 e. The topological polar surface area (TPSA) is 41.9 Å². The van der Waals surface area contributed by atoms with Crippen LogP contribution in [0, 0.1) is 3.57 Å². The van der Waals surface area contributed by atoms with E-state index in [-0.39, 0.29) is 0 Å². The number of pyridine rings is 1. The molecule has 1 saturated heterocycles. The molecule has 1 atom stereocenters. The zero-order valence-corrected chi connectivity index (χ0v) is 12.0. The number of nitrogens with zero attached hydrogens (tertiary/aromatic N) is 4. The first-order valence-corrected chi connectivity index (χ1v) is 7.06. The molecule has 1 aliphatic rings. The van der Waals surface area contributed by atoms with Gasteiger partial charge in [-0.1, -0.05) is 6.07 Å². The van der Waals surface area contributed by atoms with Crippen molar-refractivity contribution >= 4 is 28.4 Å². The van der Waals surface area contributed by atoms with Crippen LogP contribution in [0.25, 0.3) is 0 Å². The summed E-state index contributed by atoms with van der Waals surface area (Å²) in [7, 11) is 0. The zero-order chi connectivity index (χ0) is 12.4. The molecule has 5 heteroatoms. The van der Waals surface area contributed by atoms with Crippen LogP contribution in [0.1, 0.15) is 24.4 Å². The highest BCUT2D eigenvalue weighted by atomic mass is 127. The van der Waals surface area contributed by atoms with Crippen molar-refractivity contribution < 1.29 is 0 Å². The van der Waals surface area contributed by atoms with Crippen molar-refractivity contribution in [3.8, 4) is 0 Å². The van der Waals surface area contributed by atoms with Crippen LogP contribution in [0.4, 0.5) is 5.82 Å². The minimum atomic E-state index is 0.391. The van der Waals surface area contributed by atoms with Gasteiger partial charge in [0.05, 0.1) is 9.61 Å². The second kappa shape index (κ2) is 5.17. The molecule has 1 unspecified atom stereocenters. The lowest BCUT2D eigenvalue weighted by molar-refractivity contribution is 0.705. The monoisotopic (exact) mass is 352 g/mol. The van der Waals surface area contributed by atoms with E-state index in [4.69, 9.17) is 0 Å². The van der Waals surface area contributed by atoms with Crippen LogP contribution in [0.15, 0.2) is 37.1 Å². The smallest absolute Gasteiger partial charge is 0.145 e. The summed E-state index contributed by atoms with van der Waals surface area (Å²) in [6.07, 6.45) is 9.61. The van der Waals surface area contributed by atoms with E-state index in [1.165, 1.54) is 12.0 Å². The van der Waals surface area contributed by atoms with Crippen molar-refractivity contribution in [2.45, 2.75) is 18.9 Å². The fourth-order valence-electron chi connectivity index (χ4n) is 2.46. The van der Waals surface area contributed by atoms with E-state index >= 15 is 0 Å². The maximum atomic E-state index is 4.42. The van der Waals surface area contributed by atoms with Crippen molar-refractivity contribution in [3.05, 3.63) is 46.2 Å². The molecule has 18 heavy (non-hydrogen) atoms. The SMILES string of the molecule is Ic1cncnc1N1CCCC1c1cccnc1. The Morgan fingerprint density at radius 2 is 2.22 bits per heavy atom. The summed E-state index contributed by atoms with van der Waals surface area (Å²) in [5.41, 5.74) is 1.27. The Labute approximate surface area is 120 Å². The van der Waals surface area contributed by atoms with E-state index in [0.29, 0.717) is 6.04 Å². The summed E-state index contributed by atoms with van der Waals surface area (Å²) >= 11 is 2.30. The van der Waals surface area contributed by atoms with Gasteiger partial charge in [-0.25, -0.2) is 9.97 Å². The molecular weight excluding hydrogens is 339 g/mol. The van der Waals surface area contributed by atoms with Crippen LogP contribution in [-0.4, -0.2) is 21.5 Å². The van der Waals surface area contributed by atoms with E-state index < -0.39 is 0 Å². The van der Waals surface area contributed by atoms with E-state index in [1.54, 1.807) is 6.33 Å². The summed E-state index contributed by atoms with van der Waals surface area (Å²) in [5, 5.41) is 0. The van der Waals surface area contributed by atoms with Gasteiger partial charge in [-0.05, 0) is 47.1 Å². The fraction of sp³-hybridized carbons (Fsp3) is 0.308. The van der Waals surface area contributed by atoms with Gasteiger partial charge in [0.25, 0.3) is 0 Å². The second-order valence-electron chi connectivity index (χ2n) is 4.33. The molecule has 0 spiro atoms. The number of hydrogen-bond acceptors (Lipinski definition) is 4. The number of halogens is 1. The maximum absolute atomic E-state index is 4.42. The van der Waals surface area contributed by atoms with Gasteiger partial charge in [-0.15, -0.1) is 0 Å². The Morgan fingerprint density at radius 1 is 1.28 bits per heavy atom. The third-order valence-corrected chi connectivity index (χ3v) is 4.00. The van der Waals surface area contributed by atoms with Crippen molar-refractivity contribution in [1.29, 1.82) is 0 Å². The van der Waals surface area contributed by atoms with Crippen molar-refractivity contribution in [3.63, 3.8) is 0 Å². The molecule has 0 amide bonds. The molecule has 1 aliphatic heterocycles. The van der Waals surface area contributed by atoms with Gasteiger partial charge in [-0.3, -0.25) is 4.98 Å². The predicted molar refractivity (Wildman–Crippen MR) is 78.3 cm³/mol. The number of anilines is 1. The lowest BCUT2D eigenvalue weighted by Gasteiger charge is -2.26. The summed E-state index contributed by atoms with van der Waals surface area (Å²) in [5.74, 6) is 1.04. The molecule has 0 aliphatic carbocycles. The van der Waals surface area contributed by atoms with Crippen LogP contribution in [0.5, 0.6) is 0 Å². The molecule has 92 valence electrons. The first-order valence-electron chi connectivity index (χ1n) is 5.98. The van der Waals surface area contributed by atoms with Gasteiger partial charge in [0.2, 0.25) is 0 Å². The Bertz CT molecular complexity index is 532. The van der Waals surface area contributed by atoms with E-state index in [2.05, 4.69) is 48.5 Å². The van der Waals surface area contributed by atoms with E-state index in [1.807, 2.05) is 24.7 Å². The Hall–Kier alpha value is -1.24. The Balaban J connectivity index is 1.95. The highest BCUT2D eigenvalue weighted by Crippen LogP contribution is 2.36. The molecule has 0 N–H and O–H groups in total. The first-order chi connectivity index (χ1) is 8.86. The molecule has 0 saturated carbocycles. The van der Waals surface area contributed by atoms with Crippen molar-refractivity contribution in [2.24, 2.45) is 0 Å². The van der Waals surface area contributed by atoms with Gasteiger partial charge in [-0.2, -0.15) is 0 Å². The Kier molecular flexibility index (Phi) is 3.40. The van der Waals surface area contributed by atoms with E-state index in [0.717, 1.165) is 22.4 Å². The van der Waals surface area contributed by atoms with Crippen LogP contribution in [0.2, 0.25) is 0 Å². The highest BCUT2D eigenvalue weighted by molar-refractivity contribution is 14.1. The third kappa shape index (κ3) is 2.19. The quantitative estimate of drug-likeness (QED) is 0.780. The minimum absolute atomic E-state index is 0.391. The fourth-order valence-corrected chi connectivity index (χ4v) is 3.07. The second-order valence-corrected chi connectivity index (χ2v) is 5.49. The zero-order valence-electron chi connectivity index (χ0n) is 9.83. The average molecular weight is 352 g/mol. The minimum Gasteiger partial charge on any atom is -0.349 e. The molecule has 2 aromatic heterocycles. The number of rotatable bonds is 2. The summed E-state index contributed by atoms with van der Waals surface area (Å²) in [6.45, 7) is 1.05. The molecule has 3 rings (SSSR count). The Morgan fingerprint density at radius 3 is 3.00 bits per heavy atom. The molecule has 0 bridgehead atoms. The summed E-state index contributed by atoms with van der Waals surface area (Å²) in [4.78, 5) is 15.1. The van der Waals surface area contributed by atoms with Crippen LogP contribution in [-0.2, 0) is 0 Å². The van der Waals surface area contributed by atoms with E-state index in [9.17, 15) is 0 Å². The molecule has 0 aromatic carbocycles. The molecular formula is C13H13IN4. The normalized spacial score (nSPS) is 19.2. The summed E-state index contributed by atoms with van der Waals surface area (Å²) in [6, 6.07) is 4.53. The van der Waals surface area contributed by atoms with Gasteiger partial charge >= 0.3 is 0 Å². The van der Waals surface area contributed by atoms with Gasteiger partial charge < -0.3 is 4.90 Å². The van der Waals surface area contributed by atoms with Crippen LogP contribution in [0.3, 0.4) is 0 Å². The third-order valence-electron chi connectivity index (χ3n) is 3.24. The van der Waals surface area contributed by atoms with Gasteiger partial charge in [0.15, 0.2) is 0 Å². The number of aromatic nitrogens is 3. The van der Waals surface area contributed by atoms with Crippen molar-refractivity contribution in [2.75, 3.05) is 11.4 Å². The first kappa shape index (κ1) is 11.8. The van der Waals surface area contributed by atoms with Gasteiger partial charge in [0, 0.05) is 25.1 Å². The molecule has 4 nitrogen and oxygen atoms in total. The lowest BCUT2D eigenvalue weighted by Crippen LogP contribution is -2.24. The van der Waals surface area contributed by atoms with Crippen LogP contribution < -0.4 is 4.90 Å². The molecule has 1 fully saturated rings. The van der Waals surface area contributed by atoms with Crippen LogP contribution >= 0.6 is 22.6 Å².